The summed E-state index contributed by atoms with van der Waals surface area (Å²) in [5.41, 5.74) is 3.51. The molecule has 6 fully saturated rings. The molecule has 6 saturated carbocycles. The van der Waals surface area contributed by atoms with E-state index in [1.807, 2.05) is 0 Å². The van der Waals surface area contributed by atoms with Gasteiger partial charge in [0, 0.05) is 0 Å². The van der Waals surface area contributed by atoms with Gasteiger partial charge < -0.3 is 0 Å². The molecule has 27 heavy (non-hydrogen) atoms. The molecule has 0 nitrogen and oxygen atoms in total. The summed E-state index contributed by atoms with van der Waals surface area (Å²) in [6.45, 7) is 18.1. The quantitative estimate of drug-likeness (QED) is 0.303. The Hall–Kier alpha value is 0.430. The minimum absolute atomic E-state index is 0.232. The Bertz CT molecular complexity index is 492. The van der Waals surface area contributed by atoms with Crippen LogP contribution in [0.2, 0.25) is 0 Å². The molecule has 0 aromatic rings. The molecule has 1 heteroatoms. The van der Waals surface area contributed by atoms with Gasteiger partial charge >= 0.3 is 0 Å². The van der Waals surface area contributed by atoms with Gasteiger partial charge in [0.25, 0.3) is 0 Å². The van der Waals surface area contributed by atoms with Gasteiger partial charge in [0.2, 0.25) is 0 Å². The van der Waals surface area contributed by atoms with Crippen molar-refractivity contribution in [3.8, 4) is 0 Å². The van der Waals surface area contributed by atoms with E-state index < -0.39 is 0 Å². The summed E-state index contributed by atoms with van der Waals surface area (Å²) in [5.74, 6) is 6.17. The van der Waals surface area contributed by atoms with Gasteiger partial charge in [-0.25, -0.2) is 0 Å². The van der Waals surface area contributed by atoms with E-state index in [9.17, 15) is 0 Å². The summed E-state index contributed by atoms with van der Waals surface area (Å²) >= 11 is 0. The number of hydrogen-bond donors (Lipinski definition) is 0. The highest BCUT2D eigenvalue weighted by Crippen LogP contribution is 2.73. The van der Waals surface area contributed by atoms with Crippen LogP contribution < -0.4 is 0 Å². The minimum atomic E-state index is 0.232. The lowest BCUT2D eigenvalue weighted by atomic mass is 9.45. The van der Waals surface area contributed by atoms with Crippen LogP contribution in [0.5, 0.6) is 0 Å². The third-order valence-electron chi connectivity index (χ3n) is 10.7. The van der Waals surface area contributed by atoms with Crippen molar-refractivity contribution in [2.75, 3.05) is 6.16 Å². The predicted octanol–water partition coefficient (Wildman–Crippen LogP) is 8.19. The molecule has 0 saturated heterocycles. The third-order valence-corrected chi connectivity index (χ3v) is 14.6. The van der Waals surface area contributed by atoms with Crippen LogP contribution in [0.15, 0.2) is 0 Å². The van der Waals surface area contributed by atoms with Gasteiger partial charge in [0.15, 0.2) is 0 Å². The zero-order valence-corrected chi connectivity index (χ0v) is 20.3. The van der Waals surface area contributed by atoms with Gasteiger partial charge in [-0.2, -0.15) is 0 Å². The first-order valence-corrected chi connectivity index (χ1v) is 14.1. The Kier molecular flexibility index (Phi) is 5.58. The Morgan fingerprint density at radius 2 is 1.19 bits per heavy atom. The van der Waals surface area contributed by atoms with Crippen molar-refractivity contribution in [1.82, 2.24) is 0 Å². The fourth-order valence-corrected chi connectivity index (χ4v) is 12.8. The van der Waals surface area contributed by atoms with Gasteiger partial charge in [-0.15, -0.1) is 0 Å². The van der Waals surface area contributed by atoms with Gasteiger partial charge in [0.1, 0.15) is 0 Å². The van der Waals surface area contributed by atoms with E-state index in [0.717, 1.165) is 46.8 Å². The van der Waals surface area contributed by atoms with E-state index in [4.69, 9.17) is 0 Å². The Labute approximate surface area is 171 Å². The van der Waals surface area contributed by atoms with Crippen LogP contribution in [-0.2, 0) is 0 Å². The van der Waals surface area contributed by atoms with Crippen molar-refractivity contribution in [2.24, 2.45) is 46.3 Å². The molecule has 0 aliphatic heterocycles. The zero-order chi connectivity index (χ0) is 19.6. The SMILES string of the molecule is CCCCCCP(C1CC2CC(C1C)C2(C)C)C1CC2CC(C1C)C2(C)C. The number of fused-ring (bicyclic) bond motifs is 4. The first-order valence-electron chi connectivity index (χ1n) is 12.4. The topological polar surface area (TPSA) is 0 Å². The lowest BCUT2D eigenvalue weighted by molar-refractivity contribution is -0.102. The number of unbranched alkanes of at least 4 members (excludes halogenated alkanes) is 3. The molecule has 156 valence electrons. The van der Waals surface area contributed by atoms with Crippen LogP contribution in [0.4, 0.5) is 0 Å². The monoisotopic (exact) mass is 390 g/mol. The van der Waals surface area contributed by atoms with Crippen molar-refractivity contribution in [3.05, 3.63) is 0 Å². The number of hydrogen-bond acceptors (Lipinski definition) is 0. The third kappa shape index (κ3) is 3.18. The van der Waals surface area contributed by atoms with Crippen LogP contribution in [0, 0.1) is 46.3 Å². The van der Waals surface area contributed by atoms with E-state index >= 15 is 0 Å². The molecule has 8 unspecified atom stereocenters. The highest BCUT2D eigenvalue weighted by Gasteiger charge is 2.61. The first-order chi connectivity index (χ1) is 12.7. The maximum atomic E-state index is 2.67. The summed E-state index contributed by atoms with van der Waals surface area (Å²) in [7, 11) is 0.232. The van der Waals surface area contributed by atoms with Crippen molar-refractivity contribution in [2.45, 2.75) is 111 Å². The van der Waals surface area contributed by atoms with Crippen LogP contribution >= 0.6 is 7.92 Å². The Balaban J connectivity index is 1.50. The second-order valence-electron chi connectivity index (χ2n) is 12.3. The second-order valence-corrected chi connectivity index (χ2v) is 15.1. The molecular weight excluding hydrogens is 343 g/mol. The van der Waals surface area contributed by atoms with Crippen LogP contribution in [0.3, 0.4) is 0 Å². The van der Waals surface area contributed by atoms with Gasteiger partial charge in [-0.1, -0.05) is 75.7 Å². The zero-order valence-electron chi connectivity index (χ0n) is 19.4. The Morgan fingerprint density at radius 1 is 0.704 bits per heavy atom. The molecule has 6 rings (SSSR count). The lowest BCUT2D eigenvalue weighted by Gasteiger charge is -2.67. The molecule has 8 atom stereocenters. The summed E-state index contributed by atoms with van der Waals surface area (Å²) < 4.78 is 0. The molecule has 0 amide bonds. The number of rotatable bonds is 7. The maximum absolute atomic E-state index is 2.67. The summed E-state index contributed by atoms with van der Waals surface area (Å²) in [4.78, 5) is 0. The summed E-state index contributed by atoms with van der Waals surface area (Å²) in [5, 5.41) is 0. The standard InChI is InChI=1S/C26H47P/c1-8-9-10-11-12-27(23-15-19-13-21(17(23)2)25(19,4)5)24-16-20-14-22(18(24)3)26(20,6)7/h17-24H,8-16H2,1-7H3. The van der Waals surface area contributed by atoms with Crippen LogP contribution in [0.25, 0.3) is 0 Å². The van der Waals surface area contributed by atoms with E-state index in [1.165, 1.54) is 25.7 Å². The summed E-state index contributed by atoms with van der Waals surface area (Å²) in [6.07, 6.45) is 13.8. The normalized spacial score (nSPS) is 47.7. The first kappa shape index (κ1) is 20.7. The van der Waals surface area contributed by atoms with Crippen molar-refractivity contribution in [3.63, 3.8) is 0 Å². The average Bonchev–Trinajstić information content (AvgIpc) is 2.62. The lowest BCUT2D eigenvalue weighted by Crippen LogP contribution is -2.59. The van der Waals surface area contributed by atoms with Crippen molar-refractivity contribution >= 4 is 7.92 Å². The van der Waals surface area contributed by atoms with Gasteiger partial charge in [0.05, 0.1) is 0 Å². The maximum Gasteiger partial charge on any atom is -0.0175 e. The minimum Gasteiger partial charge on any atom is -0.0998 e. The average molecular weight is 391 g/mol. The highest BCUT2D eigenvalue weighted by molar-refractivity contribution is 7.59. The van der Waals surface area contributed by atoms with E-state index in [2.05, 4.69) is 48.5 Å². The molecule has 0 heterocycles. The van der Waals surface area contributed by atoms with E-state index in [0.29, 0.717) is 10.8 Å². The van der Waals surface area contributed by atoms with E-state index in [-0.39, 0.29) is 7.92 Å². The molecule has 4 bridgehead atoms. The molecule has 6 aliphatic rings. The molecule has 0 N–H and O–H groups in total. The fraction of sp³-hybridized carbons (Fsp3) is 1.00. The predicted molar refractivity (Wildman–Crippen MR) is 122 cm³/mol. The summed E-state index contributed by atoms with van der Waals surface area (Å²) in [6, 6.07) is 0. The molecule has 6 aliphatic carbocycles. The van der Waals surface area contributed by atoms with E-state index in [1.54, 1.807) is 31.8 Å². The molecule has 0 aromatic heterocycles. The largest absolute Gasteiger partial charge is 0.0998 e. The van der Waals surface area contributed by atoms with Crippen molar-refractivity contribution in [1.29, 1.82) is 0 Å². The Morgan fingerprint density at radius 3 is 1.56 bits per heavy atom. The molecule has 0 spiro atoms. The van der Waals surface area contributed by atoms with Gasteiger partial charge in [-0.05, 0) is 95.9 Å². The smallest absolute Gasteiger partial charge is 0.0175 e. The van der Waals surface area contributed by atoms with Crippen LogP contribution in [0.1, 0.15) is 99.8 Å². The van der Waals surface area contributed by atoms with Crippen molar-refractivity contribution < 1.29 is 0 Å². The fourth-order valence-electron chi connectivity index (χ4n) is 8.42. The highest BCUT2D eigenvalue weighted by atomic mass is 31.1. The molecule has 0 radical (unpaired) electrons. The molecule has 0 aromatic carbocycles. The van der Waals surface area contributed by atoms with Gasteiger partial charge in [-0.3, -0.25) is 0 Å². The second kappa shape index (κ2) is 7.29. The van der Waals surface area contributed by atoms with Crippen LogP contribution in [-0.4, -0.2) is 17.5 Å². The molecular formula is C26H47P.